The number of hydrogen-bond acceptors (Lipinski definition) is 6. The van der Waals surface area contributed by atoms with Crippen LogP contribution in [0.1, 0.15) is 5.82 Å². The summed E-state index contributed by atoms with van der Waals surface area (Å²) in [5.74, 6) is 0.526. The molecule has 7 nitrogen and oxygen atoms in total. The van der Waals surface area contributed by atoms with Gasteiger partial charge in [0.05, 0.1) is 28.4 Å². The fraction of sp³-hybridized carbons (Fsp3) is 0.0833. The van der Waals surface area contributed by atoms with E-state index in [2.05, 4.69) is 9.97 Å². The molecule has 0 saturated carbocycles. The Balaban J connectivity index is 2.24. The van der Waals surface area contributed by atoms with Crippen LogP contribution in [0.4, 0.5) is 5.00 Å². The summed E-state index contributed by atoms with van der Waals surface area (Å²) in [5, 5.41) is 20.0. The minimum absolute atomic E-state index is 0.0410. The molecule has 2 aromatic heterocycles. The topological polar surface area (TPSA) is 97.6 Å². The van der Waals surface area contributed by atoms with Crippen molar-refractivity contribution in [2.24, 2.45) is 0 Å². The zero-order valence-corrected chi connectivity index (χ0v) is 10.9. The number of imidazole rings is 1. The highest BCUT2D eigenvalue weighted by atomic mass is 32.1. The molecule has 0 fully saturated rings. The molecule has 0 aliphatic carbocycles. The lowest BCUT2D eigenvalue weighted by Crippen LogP contribution is -1.99. The summed E-state index contributed by atoms with van der Waals surface area (Å²) in [6, 6.07) is 9.41. The van der Waals surface area contributed by atoms with Gasteiger partial charge in [0, 0.05) is 0 Å². The fourth-order valence-corrected chi connectivity index (χ4v) is 2.69. The summed E-state index contributed by atoms with van der Waals surface area (Å²) in [6.45, 7) is 0. The molecule has 0 radical (unpaired) electrons. The number of thiazole rings is 1. The van der Waals surface area contributed by atoms with Gasteiger partial charge in [-0.15, -0.1) is 0 Å². The number of aromatic nitrogens is 3. The standard InChI is InChI=1S/C12H7N5O2S/c13-6-5-10-15-8-3-1-2-4-9(8)16(10)12-14-7-11(20-12)17(18)19/h1-4,7H,5H2. The van der Waals surface area contributed by atoms with Gasteiger partial charge in [-0.05, 0) is 23.5 Å². The Kier molecular flexibility index (Phi) is 2.89. The maximum atomic E-state index is 10.8. The van der Waals surface area contributed by atoms with Gasteiger partial charge >= 0.3 is 5.00 Å². The second-order valence-electron chi connectivity index (χ2n) is 3.93. The molecule has 0 spiro atoms. The number of nitriles is 1. The number of fused-ring (bicyclic) bond motifs is 1. The first-order valence-corrected chi connectivity index (χ1v) is 6.46. The third kappa shape index (κ3) is 1.90. The Labute approximate surface area is 116 Å². The van der Waals surface area contributed by atoms with E-state index in [-0.39, 0.29) is 11.4 Å². The number of para-hydroxylation sites is 2. The van der Waals surface area contributed by atoms with Crippen molar-refractivity contribution in [2.75, 3.05) is 0 Å². The highest BCUT2D eigenvalue weighted by Crippen LogP contribution is 2.28. The lowest BCUT2D eigenvalue weighted by Gasteiger charge is -2.01. The van der Waals surface area contributed by atoms with E-state index >= 15 is 0 Å². The van der Waals surface area contributed by atoms with Crippen molar-refractivity contribution in [1.82, 2.24) is 14.5 Å². The molecule has 0 unspecified atom stereocenters. The molecule has 0 amide bonds. The van der Waals surface area contributed by atoms with Crippen molar-refractivity contribution < 1.29 is 4.92 Å². The number of nitrogens with zero attached hydrogens (tertiary/aromatic N) is 5. The summed E-state index contributed by atoms with van der Waals surface area (Å²) < 4.78 is 1.69. The third-order valence-corrected chi connectivity index (χ3v) is 3.65. The van der Waals surface area contributed by atoms with E-state index in [1.807, 2.05) is 30.3 Å². The zero-order valence-electron chi connectivity index (χ0n) is 10.1. The Hall–Kier alpha value is -2.79. The quantitative estimate of drug-likeness (QED) is 0.543. The van der Waals surface area contributed by atoms with Crippen molar-refractivity contribution in [3.63, 3.8) is 0 Å². The normalized spacial score (nSPS) is 10.6. The number of hydrogen-bond donors (Lipinski definition) is 0. The lowest BCUT2D eigenvalue weighted by molar-refractivity contribution is -0.380. The van der Waals surface area contributed by atoms with Crippen LogP contribution in [0, 0.1) is 21.4 Å². The molecule has 20 heavy (non-hydrogen) atoms. The predicted molar refractivity (Wildman–Crippen MR) is 72.7 cm³/mol. The smallest absolute Gasteiger partial charge is 0.271 e. The molecule has 8 heteroatoms. The average Bonchev–Trinajstić information content (AvgIpc) is 3.02. The van der Waals surface area contributed by atoms with Gasteiger partial charge in [-0.2, -0.15) is 5.26 Å². The monoisotopic (exact) mass is 285 g/mol. The van der Waals surface area contributed by atoms with Gasteiger partial charge in [0.2, 0.25) is 5.13 Å². The van der Waals surface area contributed by atoms with Gasteiger partial charge < -0.3 is 0 Å². The van der Waals surface area contributed by atoms with Crippen LogP contribution in [-0.4, -0.2) is 19.5 Å². The molecule has 0 aliphatic heterocycles. The second kappa shape index (κ2) is 4.71. The van der Waals surface area contributed by atoms with E-state index in [1.54, 1.807) is 4.57 Å². The Morgan fingerprint density at radius 1 is 1.45 bits per heavy atom. The van der Waals surface area contributed by atoms with Crippen molar-refractivity contribution >= 4 is 27.4 Å². The van der Waals surface area contributed by atoms with Crippen LogP contribution in [0.5, 0.6) is 0 Å². The van der Waals surface area contributed by atoms with Gasteiger partial charge in [-0.25, -0.2) is 9.97 Å². The number of nitro groups is 1. The van der Waals surface area contributed by atoms with Gasteiger partial charge in [0.25, 0.3) is 0 Å². The van der Waals surface area contributed by atoms with Crippen LogP contribution >= 0.6 is 11.3 Å². The van der Waals surface area contributed by atoms with E-state index < -0.39 is 4.92 Å². The first-order valence-electron chi connectivity index (χ1n) is 5.64. The fourth-order valence-electron chi connectivity index (χ4n) is 1.92. The maximum absolute atomic E-state index is 10.8. The summed E-state index contributed by atoms with van der Waals surface area (Å²) in [5.41, 5.74) is 1.51. The molecule has 0 saturated heterocycles. The van der Waals surface area contributed by atoms with Crippen molar-refractivity contribution in [3.05, 3.63) is 46.4 Å². The minimum atomic E-state index is -0.482. The number of benzene rings is 1. The lowest BCUT2D eigenvalue weighted by atomic mass is 10.3. The van der Waals surface area contributed by atoms with Gasteiger partial charge in [-0.1, -0.05) is 12.1 Å². The zero-order chi connectivity index (χ0) is 14.1. The molecule has 3 aromatic rings. The Morgan fingerprint density at radius 2 is 2.25 bits per heavy atom. The highest BCUT2D eigenvalue weighted by molar-refractivity contribution is 7.17. The van der Waals surface area contributed by atoms with Gasteiger partial charge in [-0.3, -0.25) is 14.7 Å². The van der Waals surface area contributed by atoms with E-state index in [9.17, 15) is 10.1 Å². The molecule has 98 valence electrons. The molecule has 0 atom stereocenters. The molecule has 1 aromatic carbocycles. The molecule has 0 bridgehead atoms. The van der Waals surface area contributed by atoms with Crippen molar-refractivity contribution in [2.45, 2.75) is 6.42 Å². The van der Waals surface area contributed by atoms with Crippen LogP contribution in [0.2, 0.25) is 0 Å². The molecule has 0 aliphatic rings. The summed E-state index contributed by atoms with van der Waals surface area (Å²) in [4.78, 5) is 18.7. The van der Waals surface area contributed by atoms with E-state index in [4.69, 9.17) is 5.26 Å². The minimum Gasteiger partial charge on any atom is -0.271 e. The predicted octanol–water partition coefficient (Wildman–Crippen LogP) is 2.46. The first kappa shape index (κ1) is 12.3. The third-order valence-electron chi connectivity index (χ3n) is 2.72. The maximum Gasteiger partial charge on any atom is 0.345 e. The van der Waals surface area contributed by atoms with Crippen molar-refractivity contribution in [3.8, 4) is 11.2 Å². The Bertz CT molecular complexity index is 845. The van der Waals surface area contributed by atoms with E-state index in [0.29, 0.717) is 11.0 Å². The Morgan fingerprint density at radius 3 is 2.95 bits per heavy atom. The number of rotatable bonds is 3. The van der Waals surface area contributed by atoms with Gasteiger partial charge in [0.15, 0.2) is 0 Å². The average molecular weight is 285 g/mol. The van der Waals surface area contributed by atoms with Crippen LogP contribution in [0.15, 0.2) is 30.5 Å². The van der Waals surface area contributed by atoms with Crippen LogP contribution in [0.25, 0.3) is 16.2 Å². The molecule has 2 heterocycles. The highest BCUT2D eigenvalue weighted by Gasteiger charge is 2.18. The van der Waals surface area contributed by atoms with Gasteiger partial charge in [0.1, 0.15) is 12.0 Å². The first-order chi connectivity index (χ1) is 9.70. The molecular formula is C12H7N5O2S. The second-order valence-corrected chi connectivity index (χ2v) is 4.91. The van der Waals surface area contributed by atoms with Crippen LogP contribution in [-0.2, 0) is 6.42 Å². The van der Waals surface area contributed by atoms with E-state index in [1.165, 1.54) is 6.20 Å². The van der Waals surface area contributed by atoms with E-state index in [0.717, 1.165) is 22.4 Å². The van der Waals surface area contributed by atoms with Crippen LogP contribution < -0.4 is 0 Å². The summed E-state index contributed by atoms with van der Waals surface area (Å²) >= 11 is 0.957. The SMILES string of the molecule is N#CCc1nc2ccccc2n1-c1ncc([N+](=O)[O-])s1. The molecular weight excluding hydrogens is 278 g/mol. The molecule has 0 N–H and O–H groups in total. The molecule has 3 rings (SSSR count). The van der Waals surface area contributed by atoms with Crippen molar-refractivity contribution in [1.29, 1.82) is 5.26 Å². The largest absolute Gasteiger partial charge is 0.345 e. The summed E-state index contributed by atoms with van der Waals surface area (Å²) in [7, 11) is 0. The van der Waals surface area contributed by atoms with Crippen LogP contribution in [0.3, 0.4) is 0 Å². The summed E-state index contributed by atoms with van der Waals surface area (Å²) in [6.07, 6.45) is 1.33.